The van der Waals surface area contributed by atoms with Crippen LogP contribution >= 0.6 is 11.6 Å². The van der Waals surface area contributed by atoms with Crippen molar-refractivity contribution in [3.63, 3.8) is 0 Å². The average Bonchev–Trinajstić information content (AvgIpc) is 2.78. The van der Waals surface area contributed by atoms with Gasteiger partial charge in [0.1, 0.15) is 11.6 Å². The van der Waals surface area contributed by atoms with Crippen LogP contribution in [0, 0.1) is 11.7 Å². The second kappa shape index (κ2) is 12.2. The molecule has 0 aromatic heterocycles. The number of hydrogen-bond donors (Lipinski definition) is 1. The van der Waals surface area contributed by atoms with E-state index >= 15 is 0 Å². The number of nitrogens with one attached hydrogen (secondary N) is 1. The van der Waals surface area contributed by atoms with Crippen molar-refractivity contribution in [3.05, 3.63) is 64.9 Å². The summed E-state index contributed by atoms with van der Waals surface area (Å²) in [6.45, 7) is 9.10. The van der Waals surface area contributed by atoms with Crippen LogP contribution in [0.3, 0.4) is 0 Å². The minimum absolute atomic E-state index is 0.0118. The van der Waals surface area contributed by atoms with Crippen LogP contribution in [0.5, 0.6) is 5.75 Å². The molecule has 0 bridgehead atoms. The Bertz CT molecular complexity index is 845. The van der Waals surface area contributed by atoms with Crippen LogP contribution in [-0.4, -0.2) is 61.1 Å². The molecule has 2 aromatic rings. The summed E-state index contributed by atoms with van der Waals surface area (Å²) in [4.78, 5) is 17.1. The van der Waals surface area contributed by atoms with Crippen LogP contribution in [0.2, 0.25) is 5.02 Å². The van der Waals surface area contributed by atoms with Gasteiger partial charge in [-0.2, -0.15) is 0 Å². The molecular weight excluding hydrogens is 429 g/mol. The highest BCUT2D eigenvalue weighted by Gasteiger charge is 2.29. The van der Waals surface area contributed by atoms with Gasteiger partial charge in [0.2, 0.25) is 0 Å². The fourth-order valence-electron chi connectivity index (χ4n) is 3.85. The molecule has 32 heavy (non-hydrogen) atoms. The molecule has 1 heterocycles. The van der Waals surface area contributed by atoms with E-state index in [0.29, 0.717) is 29.8 Å². The van der Waals surface area contributed by atoms with Crippen LogP contribution in [0.4, 0.5) is 4.39 Å². The number of nitrogens with zero attached hydrogens (tertiary/aromatic N) is 2. The van der Waals surface area contributed by atoms with Gasteiger partial charge in [-0.1, -0.05) is 37.6 Å². The summed E-state index contributed by atoms with van der Waals surface area (Å²) in [6, 6.07) is 13.9. The summed E-state index contributed by atoms with van der Waals surface area (Å²) in [5.74, 6) is 0.993. The van der Waals surface area contributed by atoms with Gasteiger partial charge in [-0.3, -0.25) is 9.69 Å². The quantitative estimate of drug-likeness (QED) is 0.538. The van der Waals surface area contributed by atoms with Gasteiger partial charge in [0.25, 0.3) is 5.91 Å². The first-order valence-electron chi connectivity index (χ1n) is 11.3. The van der Waals surface area contributed by atoms with Crippen molar-refractivity contribution in [2.24, 2.45) is 5.92 Å². The molecule has 2 aromatic carbocycles. The Hall–Kier alpha value is -2.15. The monoisotopic (exact) mass is 461 g/mol. The fraction of sp³-hybridized carbons (Fsp3) is 0.480. The van der Waals surface area contributed by atoms with E-state index in [9.17, 15) is 9.18 Å². The zero-order valence-electron chi connectivity index (χ0n) is 18.9. The number of halogens is 2. The Morgan fingerprint density at radius 1 is 1.16 bits per heavy atom. The van der Waals surface area contributed by atoms with Gasteiger partial charge in [-0.05, 0) is 67.4 Å². The zero-order chi connectivity index (χ0) is 22.9. The SMILES string of the molecule is CC(C)CNCCC1CN(C(=O)COc2ccc(Cl)cc2)CCN1Cc1ccc(F)cc1. The molecule has 7 heteroatoms. The lowest BCUT2D eigenvalue weighted by Gasteiger charge is -2.41. The second-order valence-electron chi connectivity index (χ2n) is 8.72. The maximum Gasteiger partial charge on any atom is 0.260 e. The third kappa shape index (κ3) is 7.76. The van der Waals surface area contributed by atoms with Crippen molar-refractivity contribution in [1.82, 2.24) is 15.1 Å². The van der Waals surface area contributed by atoms with Crippen LogP contribution in [0.1, 0.15) is 25.8 Å². The molecule has 1 saturated heterocycles. The molecule has 0 aliphatic carbocycles. The molecule has 1 aliphatic rings. The molecular formula is C25H33ClFN3O2. The van der Waals surface area contributed by atoms with Crippen LogP contribution < -0.4 is 10.1 Å². The number of piperazine rings is 1. The van der Waals surface area contributed by atoms with Crippen molar-refractivity contribution >= 4 is 17.5 Å². The van der Waals surface area contributed by atoms with E-state index in [4.69, 9.17) is 16.3 Å². The molecule has 1 aliphatic heterocycles. The Labute approximate surface area is 195 Å². The van der Waals surface area contributed by atoms with E-state index in [1.807, 2.05) is 17.0 Å². The zero-order valence-corrected chi connectivity index (χ0v) is 19.7. The third-order valence-corrected chi connectivity index (χ3v) is 5.89. The smallest absolute Gasteiger partial charge is 0.260 e. The molecule has 0 saturated carbocycles. The van der Waals surface area contributed by atoms with Crippen molar-refractivity contribution < 1.29 is 13.9 Å². The van der Waals surface area contributed by atoms with Crippen molar-refractivity contribution in [2.45, 2.75) is 32.9 Å². The highest BCUT2D eigenvalue weighted by Crippen LogP contribution is 2.19. The summed E-state index contributed by atoms with van der Waals surface area (Å²) < 4.78 is 18.9. The number of ether oxygens (including phenoxy) is 1. The van der Waals surface area contributed by atoms with Gasteiger partial charge in [0.05, 0.1) is 0 Å². The number of rotatable bonds is 10. The van der Waals surface area contributed by atoms with E-state index in [0.717, 1.165) is 38.2 Å². The van der Waals surface area contributed by atoms with Crippen molar-refractivity contribution in [1.29, 1.82) is 0 Å². The highest BCUT2D eigenvalue weighted by molar-refractivity contribution is 6.30. The van der Waals surface area contributed by atoms with E-state index < -0.39 is 0 Å². The second-order valence-corrected chi connectivity index (χ2v) is 9.16. The lowest BCUT2D eigenvalue weighted by atomic mass is 10.1. The molecule has 0 radical (unpaired) electrons. The Balaban J connectivity index is 1.57. The Morgan fingerprint density at radius 2 is 1.88 bits per heavy atom. The number of benzene rings is 2. The van der Waals surface area contributed by atoms with Crippen molar-refractivity contribution in [2.75, 3.05) is 39.3 Å². The lowest BCUT2D eigenvalue weighted by Crippen LogP contribution is -2.55. The molecule has 5 nitrogen and oxygen atoms in total. The van der Waals surface area contributed by atoms with Crippen molar-refractivity contribution in [3.8, 4) is 5.75 Å². The molecule has 3 rings (SSSR count). The molecule has 0 spiro atoms. The van der Waals surface area contributed by atoms with E-state index in [-0.39, 0.29) is 24.4 Å². The van der Waals surface area contributed by atoms with Gasteiger partial charge >= 0.3 is 0 Å². The fourth-order valence-corrected chi connectivity index (χ4v) is 3.98. The first-order chi connectivity index (χ1) is 15.4. The number of amides is 1. The minimum atomic E-state index is -0.223. The van der Waals surface area contributed by atoms with Gasteiger partial charge < -0.3 is 15.0 Å². The highest BCUT2D eigenvalue weighted by atomic mass is 35.5. The normalized spacial score (nSPS) is 17.0. The van der Waals surface area contributed by atoms with Gasteiger partial charge in [0, 0.05) is 37.2 Å². The van der Waals surface area contributed by atoms with Crippen LogP contribution in [0.15, 0.2) is 48.5 Å². The first-order valence-corrected chi connectivity index (χ1v) is 11.6. The summed E-state index contributed by atoms with van der Waals surface area (Å²) in [6.07, 6.45) is 0.940. The van der Waals surface area contributed by atoms with Gasteiger partial charge in [-0.25, -0.2) is 4.39 Å². The summed E-state index contributed by atoms with van der Waals surface area (Å²) in [7, 11) is 0. The van der Waals surface area contributed by atoms with Crippen LogP contribution in [-0.2, 0) is 11.3 Å². The summed E-state index contributed by atoms with van der Waals surface area (Å²) >= 11 is 5.90. The average molecular weight is 462 g/mol. The van der Waals surface area contributed by atoms with Gasteiger partial charge in [-0.15, -0.1) is 0 Å². The molecule has 174 valence electrons. The first kappa shape index (κ1) is 24.5. The van der Waals surface area contributed by atoms with E-state index in [2.05, 4.69) is 24.1 Å². The minimum Gasteiger partial charge on any atom is -0.484 e. The predicted molar refractivity (Wildman–Crippen MR) is 126 cm³/mol. The van der Waals surface area contributed by atoms with E-state index in [1.54, 1.807) is 24.3 Å². The lowest BCUT2D eigenvalue weighted by molar-refractivity contribution is -0.136. The Kier molecular flexibility index (Phi) is 9.33. The maximum absolute atomic E-state index is 13.3. The Morgan fingerprint density at radius 3 is 2.56 bits per heavy atom. The maximum atomic E-state index is 13.3. The number of hydrogen-bond acceptors (Lipinski definition) is 4. The van der Waals surface area contributed by atoms with E-state index in [1.165, 1.54) is 12.1 Å². The summed E-state index contributed by atoms with van der Waals surface area (Å²) in [5.41, 5.74) is 1.08. The largest absolute Gasteiger partial charge is 0.484 e. The van der Waals surface area contributed by atoms with Crippen LogP contribution in [0.25, 0.3) is 0 Å². The molecule has 1 amide bonds. The number of carbonyl (C=O) groups excluding carboxylic acids is 1. The van der Waals surface area contributed by atoms with Gasteiger partial charge in [0.15, 0.2) is 6.61 Å². The molecule has 1 N–H and O–H groups in total. The third-order valence-electron chi connectivity index (χ3n) is 5.64. The molecule has 1 atom stereocenters. The topological polar surface area (TPSA) is 44.8 Å². The molecule has 1 fully saturated rings. The predicted octanol–water partition coefficient (Wildman–Crippen LogP) is 4.21. The molecule has 1 unspecified atom stereocenters. The standard InChI is InChI=1S/C25H33ClFN3O2/c1-19(2)15-28-12-11-23-17-30(25(31)18-32-24-9-5-21(26)6-10-24)14-13-29(23)16-20-3-7-22(27)8-4-20/h3-10,19,23,28H,11-18H2,1-2H3. The number of carbonyl (C=O) groups is 1. The summed E-state index contributed by atoms with van der Waals surface area (Å²) in [5, 5.41) is 4.14.